The van der Waals surface area contributed by atoms with Gasteiger partial charge in [-0.2, -0.15) is 0 Å². The Balaban J connectivity index is 2.28. The molecule has 0 spiro atoms. The van der Waals surface area contributed by atoms with Crippen LogP contribution in [0.5, 0.6) is 0 Å². The molecule has 0 atom stereocenters. The lowest BCUT2D eigenvalue weighted by Gasteiger charge is -2.27. The van der Waals surface area contributed by atoms with Gasteiger partial charge in [0.05, 0.1) is 16.6 Å². The molecule has 1 aromatic rings. The lowest BCUT2D eigenvalue weighted by Crippen LogP contribution is -2.29. The summed E-state index contributed by atoms with van der Waals surface area (Å²) in [7, 11) is 0. The monoisotopic (exact) mass is 280 g/mol. The highest BCUT2D eigenvalue weighted by molar-refractivity contribution is 5.96. The summed E-state index contributed by atoms with van der Waals surface area (Å²) in [6, 6.07) is 3.93. The van der Waals surface area contributed by atoms with E-state index in [-0.39, 0.29) is 29.1 Å². The summed E-state index contributed by atoms with van der Waals surface area (Å²) in [6.45, 7) is 0. The zero-order chi connectivity index (χ0) is 14.7. The van der Waals surface area contributed by atoms with Gasteiger partial charge in [-0.15, -0.1) is 0 Å². The minimum Gasteiger partial charge on any atom is -0.478 e. The molecule has 0 amide bonds. The molecule has 0 heterocycles. The number of aliphatic hydroxyl groups excluding tert-OH is 1. The van der Waals surface area contributed by atoms with E-state index in [1.807, 2.05) is 0 Å². The topological polar surface area (TPSA) is 113 Å². The fourth-order valence-corrected chi connectivity index (χ4v) is 2.45. The summed E-state index contributed by atoms with van der Waals surface area (Å²) in [6.07, 6.45) is 2.21. The summed E-state index contributed by atoms with van der Waals surface area (Å²) >= 11 is 0. The first-order valence-electron chi connectivity index (χ1n) is 6.44. The van der Waals surface area contributed by atoms with E-state index in [2.05, 4.69) is 5.32 Å². The number of rotatable bonds is 4. The highest BCUT2D eigenvalue weighted by atomic mass is 16.6. The van der Waals surface area contributed by atoms with Crippen molar-refractivity contribution in [2.24, 2.45) is 0 Å². The average molecular weight is 280 g/mol. The van der Waals surface area contributed by atoms with Crippen molar-refractivity contribution < 1.29 is 19.9 Å². The molecule has 1 aliphatic carbocycles. The molecular formula is C13H16N2O5. The molecule has 0 aromatic heterocycles. The van der Waals surface area contributed by atoms with Crippen molar-refractivity contribution >= 4 is 17.3 Å². The van der Waals surface area contributed by atoms with Crippen LogP contribution in [0.4, 0.5) is 11.4 Å². The number of hydrogen-bond donors (Lipinski definition) is 3. The highest BCUT2D eigenvalue weighted by Gasteiger charge is 2.26. The van der Waals surface area contributed by atoms with E-state index < -0.39 is 10.9 Å². The average Bonchev–Trinajstić information content (AvgIpc) is 2.41. The third-order valence-corrected chi connectivity index (χ3v) is 3.51. The molecular weight excluding hydrogens is 264 g/mol. The van der Waals surface area contributed by atoms with Gasteiger partial charge in [-0.1, -0.05) is 6.07 Å². The van der Waals surface area contributed by atoms with Crippen LogP contribution in [0.15, 0.2) is 18.2 Å². The van der Waals surface area contributed by atoms with Crippen molar-refractivity contribution in [3.63, 3.8) is 0 Å². The van der Waals surface area contributed by atoms with Crippen molar-refractivity contribution in [3.8, 4) is 0 Å². The third kappa shape index (κ3) is 3.05. The van der Waals surface area contributed by atoms with Crippen LogP contribution in [0.25, 0.3) is 0 Å². The Hall–Kier alpha value is -2.15. The van der Waals surface area contributed by atoms with Crippen molar-refractivity contribution in [1.82, 2.24) is 0 Å². The van der Waals surface area contributed by atoms with Crippen LogP contribution in [-0.4, -0.2) is 33.3 Å². The highest BCUT2D eigenvalue weighted by Crippen LogP contribution is 2.31. The van der Waals surface area contributed by atoms with Crippen LogP contribution in [0.2, 0.25) is 0 Å². The SMILES string of the molecule is O=C(O)c1cccc([N+](=O)[O-])c1N[C@H]1CC[C@@H](O)CC1. The molecule has 0 unspecified atom stereocenters. The summed E-state index contributed by atoms with van der Waals surface area (Å²) in [4.78, 5) is 21.6. The third-order valence-electron chi connectivity index (χ3n) is 3.51. The van der Waals surface area contributed by atoms with Gasteiger partial charge in [0.1, 0.15) is 5.69 Å². The van der Waals surface area contributed by atoms with Crippen molar-refractivity contribution in [2.45, 2.75) is 37.8 Å². The number of benzene rings is 1. The van der Waals surface area contributed by atoms with E-state index in [1.165, 1.54) is 18.2 Å². The smallest absolute Gasteiger partial charge is 0.338 e. The number of anilines is 1. The number of carbonyl (C=O) groups is 1. The molecule has 3 N–H and O–H groups in total. The van der Waals surface area contributed by atoms with Crippen LogP contribution < -0.4 is 5.32 Å². The summed E-state index contributed by atoms with van der Waals surface area (Å²) in [5.74, 6) is -1.20. The van der Waals surface area contributed by atoms with Gasteiger partial charge in [-0.05, 0) is 31.7 Å². The first kappa shape index (κ1) is 14.3. The van der Waals surface area contributed by atoms with Gasteiger partial charge in [0.25, 0.3) is 5.69 Å². The van der Waals surface area contributed by atoms with Gasteiger partial charge in [-0.3, -0.25) is 10.1 Å². The van der Waals surface area contributed by atoms with Crippen LogP contribution in [0.1, 0.15) is 36.0 Å². The maximum Gasteiger partial charge on any atom is 0.338 e. The van der Waals surface area contributed by atoms with E-state index in [1.54, 1.807) is 0 Å². The van der Waals surface area contributed by atoms with E-state index in [0.717, 1.165) is 0 Å². The molecule has 7 nitrogen and oxygen atoms in total. The number of carboxylic acid groups (broad SMARTS) is 1. The fraction of sp³-hybridized carbons (Fsp3) is 0.462. The first-order valence-corrected chi connectivity index (χ1v) is 6.44. The van der Waals surface area contributed by atoms with Gasteiger partial charge in [0.15, 0.2) is 0 Å². The molecule has 0 bridgehead atoms. The largest absolute Gasteiger partial charge is 0.478 e. The lowest BCUT2D eigenvalue weighted by atomic mass is 9.92. The number of carboxylic acids is 1. The Morgan fingerprint density at radius 1 is 1.30 bits per heavy atom. The summed E-state index contributed by atoms with van der Waals surface area (Å²) < 4.78 is 0. The Morgan fingerprint density at radius 3 is 2.50 bits per heavy atom. The Kier molecular flexibility index (Phi) is 4.19. The lowest BCUT2D eigenvalue weighted by molar-refractivity contribution is -0.384. The van der Waals surface area contributed by atoms with Gasteiger partial charge in [0, 0.05) is 12.1 Å². The zero-order valence-electron chi connectivity index (χ0n) is 10.8. The van der Waals surface area contributed by atoms with E-state index in [4.69, 9.17) is 5.11 Å². The molecule has 20 heavy (non-hydrogen) atoms. The van der Waals surface area contributed by atoms with E-state index in [9.17, 15) is 20.0 Å². The van der Waals surface area contributed by atoms with Gasteiger partial charge in [-0.25, -0.2) is 4.79 Å². The Bertz CT molecular complexity index is 491. The van der Waals surface area contributed by atoms with Crippen LogP contribution in [0, 0.1) is 10.1 Å². The minimum absolute atomic E-state index is 0.0476. The molecule has 1 saturated carbocycles. The number of nitrogens with zero attached hydrogens (tertiary/aromatic N) is 1. The molecule has 108 valence electrons. The van der Waals surface area contributed by atoms with Crippen LogP contribution >= 0.6 is 0 Å². The molecule has 0 radical (unpaired) electrons. The number of nitro groups is 1. The second-order valence-corrected chi connectivity index (χ2v) is 4.91. The molecule has 0 aliphatic heterocycles. The quantitative estimate of drug-likeness (QED) is 0.574. The van der Waals surface area contributed by atoms with Crippen molar-refractivity contribution in [2.75, 3.05) is 5.32 Å². The normalized spacial score (nSPS) is 22.2. The predicted octanol–water partition coefficient (Wildman–Crippen LogP) is 2.01. The molecule has 1 aliphatic rings. The molecule has 7 heteroatoms. The van der Waals surface area contributed by atoms with Crippen LogP contribution in [0.3, 0.4) is 0 Å². The van der Waals surface area contributed by atoms with E-state index >= 15 is 0 Å². The molecule has 0 saturated heterocycles. The van der Waals surface area contributed by atoms with E-state index in [0.29, 0.717) is 25.7 Å². The number of nitro benzene ring substituents is 1. The summed E-state index contributed by atoms with van der Waals surface area (Å²) in [5.41, 5.74) is -0.298. The summed E-state index contributed by atoms with van der Waals surface area (Å²) in [5, 5.41) is 32.6. The number of aliphatic hydroxyl groups is 1. The molecule has 2 rings (SSSR count). The van der Waals surface area contributed by atoms with Gasteiger partial charge < -0.3 is 15.5 Å². The van der Waals surface area contributed by atoms with Gasteiger partial charge >= 0.3 is 5.97 Å². The second kappa shape index (κ2) is 5.87. The molecule has 1 fully saturated rings. The molecule has 1 aromatic carbocycles. The number of hydrogen-bond acceptors (Lipinski definition) is 5. The van der Waals surface area contributed by atoms with Crippen molar-refractivity contribution in [1.29, 1.82) is 0 Å². The maximum absolute atomic E-state index is 11.2. The Labute approximate surface area is 115 Å². The second-order valence-electron chi connectivity index (χ2n) is 4.91. The standard InChI is InChI=1S/C13H16N2O5/c16-9-6-4-8(5-7-9)14-12-10(13(17)18)2-1-3-11(12)15(19)20/h1-3,8-9,14,16H,4-7H2,(H,17,18)/t8-,9+. The van der Waals surface area contributed by atoms with Gasteiger partial charge in [0.2, 0.25) is 0 Å². The Morgan fingerprint density at radius 2 is 1.95 bits per heavy atom. The number of para-hydroxylation sites is 1. The van der Waals surface area contributed by atoms with Crippen LogP contribution in [-0.2, 0) is 0 Å². The zero-order valence-corrected chi connectivity index (χ0v) is 10.8. The fourth-order valence-electron chi connectivity index (χ4n) is 2.45. The maximum atomic E-state index is 11.2. The number of aromatic carboxylic acids is 1. The first-order chi connectivity index (χ1) is 9.49. The van der Waals surface area contributed by atoms with Crippen molar-refractivity contribution in [3.05, 3.63) is 33.9 Å². The minimum atomic E-state index is -1.20. The number of nitrogens with one attached hydrogen (secondary N) is 1. The predicted molar refractivity (Wildman–Crippen MR) is 71.9 cm³/mol.